The van der Waals surface area contributed by atoms with Crippen LogP contribution in [0.3, 0.4) is 0 Å². The fraction of sp³-hybridized carbons (Fsp3) is 0.280. The van der Waals surface area contributed by atoms with Gasteiger partial charge in [-0.3, -0.25) is 9.78 Å². The third-order valence-electron chi connectivity index (χ3n) is 5.79. The average Bonchev–Trinajstić information content (AvgIpc) is 2.83. The van der Waals surface area contributed by atoms with E-state index in [1.807, 2.05) is 67.6 Å². The molecule has 0 aliphatic carbocycles. The van der Waals surface area contributed by atoms with Gasteiger partial charge in [0.05, 0.1) is 6.04 Å². The molecule has 0 bridgehead atoms. The summed E-state index contributed by atoms with van der Waals surface area (Å²) >= 11 is 0. The average molecular weight is 465 g/mol. The van der Waals surface area contributed by atoms with Crippen LogP contribution in [0.1, 0.15) is 22.7 Å². The number of nitrogens with zero attached hydrogens (tertiary/aromatic N) is 3. The maximum absolute atomic E-state index is 13.0. The molecule has 0 radical (unpaired) electrons. The summed E-state index contributed by atoms with van der Waals surface area (Å²) in [6, 6.07) is 20.9. The number of rotatable bonds is 7. The zero-order chi connectivity index (χ0) is 23.3. The highest BCUT2D eigenvalue weighted by Gasteiger charge is 2.30. The zero-order valence-electron chi connectivity index (χ0n) is 18.6. The first-order chi connectivity index (χ1) is 15.9. The smallest absolute Gasteiger partial charge is 0.237 e. The van der Waals surface area contributed by atoms with Crippen LogP contribution in [0.15, 0.2) is 79.1 Å². The molecule has 1 amide bonds. The molecule has 1 N–H and O–H groups in total. The second kappa shape index (κ2) is 10.1. The molecular weight excluding hydrogens is 436 g/mol. The van der Waals surface area contributed by atoms with Crippen LogP contribution in [-0.2, 0) is 14.8 Å². The minimum absolute atomic E-state index is 0.357. The van der Waals surface area contributed by atoms with E-state index in [0.29, 0.717) is 26.2 Å². The van der Waals surface area contributed by atoms with Crippen LogP contribution in [0.25, 0.3) is 0 Å². The number of anilines is 1. The van der Waals surface area contributed by atoms with Crippen molar-refractivity contribution >= 4 is 21.6 Å². The minimum atomic E-state index is -3.72. The monoisotopic (exact) mass is 464 g/mol. The van der Waals surface area contributed by atoms with Crippen LogP contribution in [0.5, 0.6) is 0 Å². The van der Waals surface area contributed by atoms with Crippen molar-refractivity contribution in [3.05, 3.63) is 95.8 Å². The molecule has 1 aliphatic heterocycles. The quantitative estimate of drug-likeness (QED) is 0.581. The molecule has 8 heteroatoms. The van der Waals surface area contributed by atoms with Crippen molar-refractivity contribution in [3.8, 4) is 0 Å². The van der Waals surface area contributed by atoms with E-state index in [4.69, 9.17) is 0 Å². The molecule has 4 rings (SSSR count). The molecule has 1 unspecified atom stereocenters. The zero-order valence-corrected chi connectivity index (χ0v) is 19.4. The van der Waals surface area contributed by atoms with E-state index in [1.54, 1.807) is 12.4 Å². The first-order valence-electron chi connectivity index (χ1n) is 11.0. The standard InChI is InChI=1S/C25H28N4O3S/c1-20-6-5-9-23(18-20)28-14-16-29(17-15-28)33(31,32)19-24(30)27-25(21-7-3-2-4-8-21)22-10-12-26-13-11-22/h2-13,18,25H,14-17,19H2,1H3,(H,27,30). The molecule has 172 valence electrons. The summed E-state index contributed by atoms with van der Waals surface area (Å²) in [5.41, 5.74) is 3.98. The Hall–Kier alpha value is -3.23. The van der Waals surface area contributed by atoms with E-state index in [-0.39, 0.29) is 0 Å². The molecule has 1 saturated heterocycles. The van der Waals surface area contributed by atoms with Gasteiger partial charge in [0, 0.05) is 44.3 Å². The maximum Gasteiger partial charge on any atom is 0.237 e. The van der Waals surface area contributed by atoms with Crippen molar-refractivity contribution in [1.82, 2.24) is 14.6 Å². The van der Waals surface area contributed by atoms with Crippen LogP contribution in [-0.4, -0.2) is 55.5 Å². The molecule has 1 aromatic heterocycles. The van der Waals surface area contributed by atoms with Crippen LogP contribution in [0.4, 0.5) is 5.69 Å². The predicted molar refractivity (Wildman–Crippen MR) is 129 cm³/mol. The fourth-order valence-corrected chi connectivity index (χ4v) is 5.39. The SMILES string of the molecule is Cc1cccc(N2CCN(S(=O)(=O)CC(=O)NC(c3ccccc3)c3ccncc3)CC2)c1. The lowest BCUT2D eigenvalue weighted by Crippen LogP contribution is -2.50. The van der Waals surface area contributed by atoms with Gasteiger partial charge in [0.25, 0.3) is 0 Å². The Morgan fingerprint density at radius 2 is 1.61 bits per heavy atom. The third-order valence-corrected chi connectivity index (χ3v) is 7.57. The minimum Gasteiger partial charge on any atom is -0.369 e. The Bertz CT molecular complexity index is 1140. The lowest BCUT2D eigenvalue weighted by molar-refractivity contribution is -0.119. The Morgan fingerprint density at radius 1 is 0.939 bits per heavy atom. The molecule has 0 saturated carbocycles. The third kappa shape index (κ3) is 5.77. The van der Waals surface area contributed by atoms with Gasteiger partial charge in [0.2, 0.25) is 15.9 Å². The number of pyridine rings is 1. The van der Waals surface area contributed by atoms with Gasteiger partial charge in [-0.2, -0.15) is 4.31 Å². The van der Waals surface area contributed by atoms with Crippen LogP contribution in [0, 0.1) is 6.92 Å². The largest absolute Gasteiger partial charge is 0.369 e. The summed E-state index contributed by atoms with van der Waals surface area (Å²) in [4.78, 5) is 19.0. The summed E-state index contributed by atoms with van der Waals surface area (Å²) < 4.78 is 27.4. The summed E-state index contributed by atoms with van der Waals surface area (Å²) in [7, 11) is -3.72. The van der Waals surface area contributed by atoms with Crippen molar-refractivity contribution < 1.29 is 13.2 Å². The lowest BCUT2D eigenvalue weighted by atomic mass is 10.00. The van der Waals surface area contributed by atoms with E-state index in [2.05, 4.69) is 21.3 Å². The molecular formula is C25H28N4O3S. The molecule has 1 fully saturated rings. The number of carbonyl (C=O) groups excluding carboxylic acids is 1. The number of amides is 1. The Morgan fingerprint density at radius 3 is 2.27 bits per heavy atom. The number of hydrogen-bond acceptors (Lipinski definition) is 5. The van der Waals surface area contributed by atoms with E-state index in [9.17, 15) is 13.2 Å². The highest BCUT2D eigenvalue weighted by atomic mass is 32.2. The van der Waals surface area contributed by atoms with Crippen molar-refractivity contribution in [2.75, 3.05) is 36.8 Å². The fourth-order valence-electron chi connectivity index (χ4n) is 4.07. The molecule has 1 aliphatic rings. The lowest BCUT2D eigenvalue weighted by Gasteiger charge is -2.35. The van der Waals surface area contributed by atoms with Gasteiger partial charge in [-0.15, -0.1) is 0 Å². The Labute approximate surface area is 195 Å². The summed E-state index contributed by atoms with van der Waals surface area (Å²) in [5, 5.41) is 2.90. The van der Waals surface area contributed by atoms with Crippen molar-refractivity contribution in [2.24, 2.45) is 0 Å². The van der Waals surface area contributed by atoms with Crippen LogP contribution in [0.2, 0.25) is 0 Å². The topological polar surface area (TPSA) is 82.6 Å². The molecule has 2 aromatic carbocycles. The first kappa shape index (κ1) is 22.9. The first-order valence-corrected chi connectivity index (χ1v) is 12.6. The highest BCUT2D eigenvalue weighted by molar-refractivity contribution is 7.89. The van der Waals surface area contributed by atoms with Crippen molar-refractivity contribution in [2.45, 2.75) is 13.0 Å². The molecule has 0 spiro atoms. The van der Waals surface area contributed by atoms with Gasteiger partial charge >= 0.3 is 0 Å². The molecule has 2 heterocycles. The van der Waals surface area contributed by atoms with Crippen LogP contribution < -0.4 is 10.2 Å². The highest BCUT2D eigenvalue weighted by Crippen LogP contribution is 2.22. The number of sulfonamides is 1. The van der Waals surface area contributed by atoms with Crippen molar-refractivity contribution in [1.29, 1.82) is 0 Å². The van der Waals surface area contributed by atoms with E-state index in [1.165, 1.54) is 9.87 Å². The number of piperazine rings is 1. The molecule has 7 nitrogen and oxygen atoms in total. The Balaban J connectivity index is 1.41. The van der Waals surface area contributed by atoms with Crippen LogP contribution >= 0.6 is 0 Å². The number of benzene rings is 2. The van der Waals surface area contributed by atoms with E-state index < -0.39 is 27.7 Å². The van der Waals surface area contributed by atoms with Gasteiger partial charge in [0.1, 0.15) is 5.75 Å². The maximum atomic E-state index is 13.0. The number of aryl methyl sites for hydroxylation is 1. The Kier molecular flexibility index (Phi) is 7.05. The van der Waals surface area contributed by atoms with Gasteiger partial charge < -0.3 is 10.2 Å². The molecule has 33 heavy (non-hydrogen) atoms. The normalized spacial score (nSPS) is 15.7. The van der Waals surface area contributed by atoms with Gasteiger partial charge in [-0.1, -0.05) is 42.5 Å². The van der Waals surface area contributed by atoms with Gasteiger partial charge in [-0.25, -0.2) is 8.42 Å². The number of hydrogen-bond donors (Lipinski definition) is 1. The molecule has 3 aromatic rings. The summed E-state index contributed by atoms with van der Waals surface area (Å²) in [6.45, 7) is 3.94. The molecule has 1 atom stereocenters. The summed E-state index contributed by atoms with van der Waals surface area (Å²) in [6.07, 6.45) is 3.31. The van der Waals surface area contributed by atoms with Gasteiger partial charge in [0.15, 0.2) is 0 Å². The second-order valence-corrected chi connectivity index (χ2v) is 10.1. The predicted octanol–water partition coefficient (Wildman–Crippen LogP) is 2.75. The number of aromatic nitrogens is 1. The summed E-state index contributed by atoms with van der Waals surface area (Å²) in [5.74, 6) is -1.10. The van der Waals surface area contributed by atoms with Gasteiger partial charge in [-0.05, 0) is 47.9 Å². The van der Waals surface area contributed by atoms with E-state index >= 15 is 0 Å². The van der Waals surface area contributed by atoms with E-state index in [0.717, 1.165) is 16.8 Å². The number of nitrogens with one attached hydrogen (secondary N) is 1. The number of carbonyl (C=O) groups is 1. The second-order valence-electron chi connectivity index (χ2n) is 8.17. The van der Waals surface area contributed by atoms with Crippen molar-refractivity contribution in [3.63, 3.8) is 0 Å².